The zero-order chi connectivity index (χ0) is 0. The minimum atomic E-state index is 0. The van der Waals surface area contributed by atoms with Crippen LogP contribution in [0.15, 0.2) is 0 Å². The van der Waals surface area contributed by atoms with Crippen molar-refractivity contribution in [3.8, 4) is 0 Å². The quantitative estimate of drug-likeness (QED) is 0.389. The predicted molar refractivity (Wildman–Crippen MR) is 31.8 cm³/mol. The van der Waals surface area contributed by atoms with E-state index in [1.807, 2.05) is 0 Å². The van der Waals surface area contributed by atoms with Crippen LogP contribution in [0.2, 0.25) is 0 Å². The molecule has 48 valence electrons. The molecular formula is H9Cl4N2Na. The van der Waals surface area contributed by atoms with Gasteiger partial charge in [0.25, 0.3) is 0 Å². The van der Waals surface area contributed by atoms with Gasteiger partial charge in [-0.1, -0.05) is 0 Å². The zero-order valence-corrected chi connectivity index (χ0v) is 9.22. The molecule has 0 aromatic carbocycles. The van der Waals surface area contributed by atoms with E-state index in [1.165, 1.54) is 0 Å². The van der Waals surface area contributed by atoms with Crippen molar-refractivity contribution < 1.29 is 42.0 Å². The summed E-state index contributed by atoms with van der Waals surface area (Å²) in [6.45, 7) is 0. The third-order valence-electron chi connectivity index (χ3n) is 0. The Bertz CT molecular complexity index is 9.65. The average molecular weight is 202 g/mol. The van der Waals surface area contributed by atoms with Crippen LogP contribution in [0.5, 0.6) is 0 Å². The fourth-order valence-electron chi connectivity index (χ4n) is 0. The summed E-state index contributed by atoms with van der Waals surface area (Å²) in [5.41, 5.74) is 0. The van der Waals surface area contributed by atoms with E-state index in [-0.39, 0.29) is 91.5 Å². The Kier molecular flexibility index (Phi) is 1830. The van der Waals surface area contributed by atoms with Crippen LogP contribution >= 0.6 is 37.2 Å². The molecule has 0 aliphatic rings. The van der Waals surface area contributed by atoms with Gasteiger partial charge in [0, 0.05) is 0 Å². The third-order valence-corrected chi connectivity index (χ3v) is 0. The normalized spacial score (nSPS) is 0. The van der Waals surface area contributed by atoms with Crippen molar-refractivity contribution in [1.82, 2.24) is 12.3 Å². The van der Waals surface area contributed by atoms with Gasteiger partial charge in [0.05, 0.1) is 0 Å². The van der Waals surface area contributed by atoms with Crippen LogP contribution in [0, 0.1) is 0 Å². The average Bonchev–Trinajstić information content (AvgIpc) is 0. The fraction of sp³-hybridized carbons (Fsp3) is 0. The molecule has 0 atom stereocenters. The molecule has 0 fully saturated rings. The summed E-state index contributed by atoms with van der Waals surface area (Å²) < 4.78 is 0. The first-order valence-electron chi connectivity index (χ1n) is 0. The van der Waals surface area contributed by atoms with E-state index in [0.29, 0.717) is 0 Å². The number of halogens is 4. The van der Waals surface area contributed by atoms with Gasteiger partial charge in [-0.3, -0.25) is 0 Å². The van der Waals surface area contributed by atoms with Crippen LogP contribution in [0.25, 0.3) is 0 Å². The van der Waals surface area contributed by atoms with Crippen molar-refractivity contribution in [2.24, 2.45) is 0 Å². The van der Waals surface area contributed by atoms with Crippen LogP contribution < -0.4 is 54.3 Å². The van der Waals surface area contributed by atoms with E-state index in [4.69, 9.17) is 0 Å². The molecule has 0 amide bonds. The van der Waals surface area contributed by atoms with Crippen LogP contribution in [0.4, 0.5) is 0 Å². The monoisotopic (exact) mass is 200 g/mol. The van der Waals surface area contributed by atoms with Gasteiger partial charge in [0.2, 0.25) is 0 Å². The van der Waals surface area contributed by atoms with E-state index < -0.39 is 0 Å². The summed E-state index contributed by atoms with van der Waals surface area (Å²) in [5, 5.41) is 0. The van der Waals surface area contributed by atoms with Gasteiger partial charge in [-0.05, 0) is 0 Å². The largest absolute Gasteiger partial charge is 1.00 e. The third kappa shape index (κ3) is 69.0. The Morgan fingerprint density at radius 1 is 0.571 bits per heavy atom. The molecule has 0 bridgehead atoms. The minimum absolute atomic E-state index is 0. The molecule has 0 spiro atoms. The smallest absolute Gasteiger partial charge is 1.00 e. The summed E-state index contributed by atoms with van der Waals surface area (Å²) in [5.74, 6) is 0. The molecule has 7 heavy (non-hydrogen) atoms. The minimum Gasteiger partial charge on any atom is -1.00 e. The van der Waals surface area contributed by atoms with Gasteiger partial charge in [-0.2, -0.15) is 0 Å². The van der Waals surface area contributed by atoms with Gasteiger partial charge >= 0.3 is 29.6 Å². The number of hydrogen-bond donors (Lipinski definition) is 2. The van der Waals surface area contributed by atoms with E-state index in [0.717, 1.165) is 0 Å². The second kappa shape index (κ2) is 93.6. The topological polar surface area (TPSA) is 70.0 Å². The number of hydrogen-bond acceptors (Lipinski definition) is 2. The Hall–Kier alpha value is 2.08. The van der Waals surface area contributed by atoms with Crippen LogP contribution in [0.3, 0.4) is 0 Å². The molecule has 0 saturated heterocycles. The maximum atomic E-state index is 0. The Morgan fingerprint density at radius 3 is 0.571 bits per heavy atom. The first-order chi connectivity index (χ1) is 0. The van der Waals surface area contributed by atoms with Gasteiger partial charge < -0.3 is 24.7 Å². The van der Waals surface area contributed by atoms with E-state index in [2.05, 4.69) is 0 Å². The molecule has 0 aliphatic heterocycles. The Balaban J connectivity index is 0. The molecule has 0 radical (unpaired) electrons. The van der Waals surface area contributed by atoms with Crippen molar-refractivity contribution in [2.75, 3.05) is 0 Å². The zero-order valence-electron chi connectivity index (χ0n) is 4.02. The Morgan fingerprint density at radius 2 is 0.571 bits per heavy atom. The van der Waals surface area contributed by atoms with Crippen molar-refractivity contribution in [2.45, 2.75) is 0 Å². The SMILES string of the molecule is Cl.Cl.Cl.N.N.[Cl-].[Na+]. The van der Waals surface area contributed by atoms with Crippen LogP contribution in [-0.4, -0.2) is 0 Å². The van der Waals surface area contributed by atoms with Crippen molar-refractivity contribution in [3.63, 3.8) is 0 Å². The van der Waals surface area contributed by atoms with Crippen molar-refractivity contribution >= 4 is 37.2 Å². The molecule has 0 aromatic rings. The van der Waals surface area contributed by atoms with Crippen LogP contribution in [-0.2, 0) is 0 Å². The summed E-state index contributed by atoms with van der Waals surface area (Å²) in [6.07, 6.45) is 0. The maximum absolute atomic E-state index is 0. The number of rotatable bonds is 0. The van der Waals surface area contributed by atoms with E-state index in [9.17, 15) is 0 Å². The molecule has 0 aliphatic carbocycles. The van der Waals surface area contributed by atoms with Crippen molar-refractivity contribution in [3.05, 3.63) is 0 Å². The van der Waals surface area contributed by atoms with Crippen molar-refractivity contribution in [1.29, 1.82) is 0 Å². The molecule has 0 aromatic heterocycles. The van der Waals surface area contributed by atoms with Gasteiger partial charge in [-0.15, -0.1) is 37.2 Å². The first kappa shape index (κ1) is 137. The summed E-state index contributed by atoms with van der Waals surface area (Å²) in [6, 6.07) is 0. The van der Waals surface area contributed by atoms with Crippen LogP contribution in [0.1, 0.15) is 0 Å². The summed E-state index contributed by atoms with van der Waals surface area (Å²) in [7, 11) is 0. The van der Waals surface area contributed by atoms with E-state index >= 15 is 0 Å². The second-order valence-corrected chi connectivity index (χ2v) is 0. The molecule has 0 rings (SSSR count). The molecule has 2 nitrogen and oxygen atoms in total. The molecular weight excluding hydrogens is 193 g/mol. The summed E-state index contributed by atoms with van der Waals surface area (Å²) in [4.78, 5) is 0. The fourth-order valence-corrected chi connectivity index (χ4v) is 0. The molecule has 0 heterocycles. The van der Waals surface area contributed by atoms with E-state index in [1.54, 1.807) is 0 Å². The maximum Gasteiger partial charge on any atom is 1.00 e. The van der Waals surface area contributed by atoms with Gasteiger partial charge in [0.15, 0.2) is 0 Å². The predicted octanol–water partition coefficient (Wildman–Crippen LogP) is -4.40. The van der Waals surface area contributed by atoms with Gasteiger partial charge in [-0.25, -0.2) is 0 Å². The summed E-state index contributed by atoms with van der Waals surface area (Å²) >= 11 is 0. The second-order valence-electron chi connectivity index (χ2n) is 0. The standard InChI is InChI=1S/4ClH.2H3N.Na/h4*1H;2*1H3;/q;;;;;;+1/p-1. The van der Waals surface area contributed by atoms with Gasteiger partial charge in [0.1, 0.15) is 0 Å². The Labute approximate surface area is 90.7 Å². The molecule has 7 heteroatoms. The first-order valence-corrected chi connectivity index (χ1v) is 0. The molecule has 0 saturated carbocycles. The molecule has 0 unspecified atom stereocenters. The molecule has 6 N–H and O–H groups in total.